The summed E-state index contributed by atoms with van der Waals surface area (Å²) in [5.74, 6) is 0.678. The van der Waals surface area contributed by atoms with E-state index in [1.807, 2.05) is 0 Å². The van der Waals surface area contributed by atoms with Crippen LogP contribution in [0.1, 0.15) is 32.6 Å². The number of nitrogens with zero attached hydrogens (tertiary/aromatic N) is 1. The van der Waals surface area contributed by atoms with Gasteiger partial charge in [-0.25, -0.2) is 0 Å². The summed E-state index contributed by atoms with van der Waals surface area (Å²) in [6, 6.07) is 0. The lowest BCUT2D eigenvalue weighted by atomic mass is 9.99. The normalized spacial score (nSPS) is 12.9. The Morgan fingerprint density at radius 1 is 1.45 bits per heavy atom. The molecule has 0 saturated heterocycles. The Morgan fingerprint density at radius 2 is 2.18 bits per heavy atom. The summed E-state index contributed by atoms with van der Waals surface area (Å²) in [6.45, 7) is 7.38. The van der Waals surface area contributed by atoms with Gasteiger partial charge in [0.2, 0.25) is 0 Å². The molecule has 0 aromatic heterocycles. The van der Waals surface area contributed by atoms with Crippen LogP contribution in [0, 0.1) is 5.92 Å². The highest BCUT2D eigenvalue weighted by Crippen LogP contribution is 2.11. The quantitative estimate of drug-likeness (QED) is 0.561. The van der Waals surface area contributed by atoms with E-state index in [2.05, 4.69) is 18.6 Å². The minimum Gasteiger partial charge on any atom is -0.330 e. The predicted molar refractivity (Wildman–Crippen MR) is 51.1 cm³/mol. The van der Waals surface area contributed by atoms with Gasteiger partial charge in [-0.1, -0.05) is 19.8 Å². The molecule has 0 bridgehead atoms. The molecule has 1 atom stereocenters. The van der Waals surface area contributed by atoms with Crippen LogP contribution in [0.2, 0.25) is 0 Å². The van der Waals surface area contributed by atoms with Crippen molar-refractivity contribution < 1.29 is 0 Å². The van der Waals surface area contributed by atoms with Gasteiger partial charge in [-0.3, -0.25) is 0 Å². The van der Waals surface area contributed by atoms with E-state index in [9.17, 15) is 0 Å². The van der Waals surface area contributed by atoms with E-state index in [4.69, 9.17) is 5.73 Å². The van der Waals surface area contributed by atoms with Crippen molar-refractivity contribution >= 4 is 6.72 Å². The molecule has 2 heteroatoms. The van der Waals surface area contributed by atoms with Crippen molar-refractivity contribution in [2.45, 2.75) is 32.6 Å². The number of hydrogen-bond donors (Lipinski definition) is 1. The molecule has 1 unspecified atom stereocenters. The zero-order chi connectivity index (χ0) is 8.53. The zero-order valence-corrected chi connectivity index (χ0v) is 7.55. The summed E-state index contributed by atoms with van der Waals surface area (Å²) in [5, 5.41) is 0. The van der Waals surface area contributed by atoms with E-state index in [-0.39, 0.29) is 0 Å². The molecule has 0 aliphatic carbocycles. The topological polar surface area (TPSA) is 38.4 Å². The van der Waals surface area contributed by atoms with Gasteiger partial charge in [0.25, 0.3) is 0 Å². The van der Waals surface area contributed by atoms with Crippen molar-refractivity contribution in [2.24, 2.45) is 16.6 Å². The van der Waals surface area contributed by atoms with Crippen LogP contribution in [0.4, 0.5) is 0 Å². The Labute approximate surface area is 69.9 Å². The van der Waals surface area contributed by atoms with Crippen LogP contribution in [0.25, 0.3) is 0 Å². The van der Waals surface area contributed by atoms with E-state index in [1.165, 1.54) is 19.3 Å². The van der Waals surface area contributed by atoms with Gasteiger partial charge in [-0.15, -0.1) is 0 Å². The molecule has 2 nitrogen and oxygen atoms in total. The molecular weight excluding hydrogens is 136 g/mol. The van der Waals surface area contributed by atoms with Crippen LogP contribution in [0.15, 0.2) is 4.99 Å². The fourth-order valence-corrected chi connectivity index (χ4v) is 1.24. The smallest absolute Gasteiger partial charge is 0.0410 e. The molecule has 0 saturated carbocycles. The molecule has 0 radical (unpaired) electrons. The average Bonchev–Trinajstić information content (AvgIpc) is 2.01. The van der Waals surface area contributed by atoms with Crippen molar-refractivity contribution in [3.63, 3.8) is 0 Å². The lowest BCUT2D eigenvalue weighted by Gasteiger charge is -2.11. The summed E-state index contributed by atoms with van der Waals surface area (Å²) < 4.78 is 0. The van der Waals surface area contributed by atoms with Gasteiger partial charge in [0.05, 0.1) is 0 Å². The van der Waals surface area contributed by atoms with E-state index in [0.29, 0.717) is 5.92 Å². The second-order valence-electron chi connectivity index (χ2n) is 2.99. The molecule has 0 amide bonds. The van der Waals surface area contributed by atoms with Gasteiger partial charge in [0.15, 0.2) is 0 Å². The fourth-order valence-electron chi connectivity index (χ4n) is 1.24. The summed E-state index contributed by atoms with van der Waals surface area (Å²) >= 11 is 0. The van der Waals surface area contributed by atoms with E-state index >= 15 is 0 Å². The number of rotatable bonds is 7. The summed E-state index contributed by atoms with van der Waals surface area (Å²) in [6.07, 6.45) is 4.91. The molecule has 0 aliphatic rings. The van der Waals surface area contributed by atoms with Crippen LogP contribution in [0.5, 0.6) is 0 Å². The van der Waals surface area contributed by atoms with Gasteiger partial charge in [-0.05, 0) is 32.0 Å². The second-order valence-corrected chi connectivity index (χ2v) is 2.99. The van der Waals surface area contributed by atoms with Crippen LogP contribution in [-0.4, -0.2) is 19.8 Å². The van der Waals surface area contributed by atoms with Crippen molar-refractivity contribution in [3.05, 3.63) is 0 Å². The molecule has 11 heavy (non-hydrogen) atoms. The Kier molecular flexibility index (Phi) is 7.47. The first-order valence-electron chi connectivity index (χ1n) is 4.47. The first kappa shape index (κ1) is 10.6. The van der Waals surface area contributed by atoms with Crippen LogP contribution in [-0.2, 0) is 0 Å². The van der Waals surface area contributed by atoms with Gasteiger partial charge in [-0.2, -0.15) is 0 Å². The minimum absolute atomic E-state index is 0.678. The molecule has 0 aromatic carbocycles. The molecular formula is C9H20N2. The summed E-state index contributed by atoms with van der Waals surface area (Å²) in [5.41, 5.74) is 5.47. The van der Waals surface area contributed by atoms with E-state index < -0.39 is 0 Å². The molecule has 0 heterocycles. The number of unbranched alkanes of at least 4 members (excludes halogenated alkanes) is 1. The average molecular weight is 156 g/mol. The first-order valence-corrected chi connectivity index (χ1v) is 4.47. The van der Waals surface area contributed by atoms with Gasteiger partial charge >= 0.3 is 0 Å². The van der Waals surface area contributed by atoms with Crippen molar-refractivity contribution in [2.75, 3.05) is 13.1 Å². The first-order chi connectivity index (χ1) is 5.35. The zero-order valence-electron chi connectivity index (χ0n) is 7.55. The van der Waals surface area contributed by atoms with Crippen molar-refractivity contribution in [1.82, 2.24) is 0 Å². The van der Waals surface area contributed by atoms with E-state index in [0.717, 1.165) is 19.5 Å². The molecule has 0 aliphatic heterocycles. The maximum Gasteiger partial charge on any atom is 0.0410 e. The predicted octanol–water partition coefficient (Wildman–Crippen LogP) is 1.84. The maximum absolute atomic E-state index is 5.47. The van der Waals surface area contributed by atoms with E-state index in [1.54, 1.807) is 0 Å². The lowest BCUT2D eigenvalue weighted by molar-refractivity contribution is 0.451. The standard InChI is InChI=1S/C9H20N2/c1-3-4-5-9(6-7-10)8-11-2/h9H,2-8,10H2,1H3. The summed E-state index contributed by atoms with van der Waals surface area (Å²) in [4.78, 5) is 3.90. The largest absolute Gasteiger partial charge is 0.330 e. The van der Waals surface area contributed by atoms with Crippen molar-refractivity contribution in [3.8, 4) is 0 Å². The highest BCUT2D eigenvalue weighted by Gasteiger charge is 2.04. The molecule has 66 valence electrons. The Morgan fingerprint density at radius 3 is 2.64 bits per heavy atom. The van der Waals surface area contributed by atoms with Gasteiger partial charge in [0.1, 0.15) is 0 Å². The Hall–Kier alpha value is -0.370. The monoisotopic (exact) mass is 156 g/mol. The van der Waals surface area contributed by atoms with Gasteiger partial charge in [0, 0.05) is 6.54 Å². The van der Waals surface area contributed by atoms with Crippen LogP contribution >= 0.6 is 0 Å². The van der Waals surface area contributed by atoms with Crippen LogP contribution < -0.4 is 5.73 Å². The lowest BCUT2D eigenvalue weighted by Crippen LogP contribution is -2.11. The summed E-state index contributed by atoms with van der Waals surface area (Å²) in [7, 11) is 0. The van der Waals surface area contributed by atoms with Crippen molar-refractivity contribution in [1.29, 1.82) is 0 Å². The third kappa shape index (κ3) is 6.05. The molecule has 2 N–H and O–H groups in total. The third-order valence-electron chi connectivity index (χ3n) is 1.93. The third-order valence-corrected chi connectivity index (χ3v) is 1.93. The Bertz CT molecular complexity index is 91.6. The minimum atomic E-state index is 0.678. The SMILES string of the molecule is C=NCC(CCN)CCCC. The number of aliphatic imine (C=N–C) groups is 1. The number of nitrogens with two attached hydrogens (primary N) is 1. The molecule has 0 aromatic rings. The fraction of sp³-hybridized carbons (Fsp3) is 0.889. The number of hydrogen-bond acceptors (Lipinski definition) is 2. The highest BCUT2D eigenvalue weighted by molar-refractivity contribution is 5.23. The highest BCUT2D eigenvalue weighted by atomic mass is 14.7. The second kappa shape index (κ2) is 7.73. The van der Waals surface area contributed by atoms with Crippen LogP contribution in [0.3, 0.4) is 0 Å². The molecule has 0 rings (SSSR count). The Balaban J connectivity index is 3.41. The molecule has 0 spiro atoms. The van der Waals surface area contributed by atoms with Gasteiger partial charge < -0.3 is 10.7 Å². The molecule has 0 fully saturated rings. The maximum atomic E-state index is 5.47.